The second-order valence-corrected chi connectivity index (χ2v) is 3.32. The van der Waals surface area contributed by atoms with Gasteiger partial charge in [-0.05, 0) is 19.1 Å². The molecule has 1 rings (SSSR count). The van der Waals surface area contributed by atoms with Gasteiger partial charge in [0.05, 0.1) is 13.7 Å². The van der Waals surface area contributed by atoms with Gasteiger partial charge in [0.25, 0.3) is 0 Å². The summed E-state index contributed by atoms with van der Waals surface area (Å²) in [6, 6.07) is 5.20. The van der Waals surface area contributed by atoms with E-state index in [0.717, 1.165) is 0 Å². The highest BCUT2D eigenvalue weighted by atomic mass is 16.5. The van der Waals surface area contributed by atoms with E-state index in [1.165, 1.54) is 14.0 Å². The third-order valence-corrected chi connectivity index (χ3v) is 2.12. The van der Waals surface area contributed by atoms with Crippen LogP contribution in [0.25, 0.3) is 0 Å². The number of carbonyl (C=O) groups is 1. The molecule has 0 aliphatic rings. The second kappa shape index (κ2) is 6.12. The fraction of sp³-hybridized carbons (Fsp3) is 0.417. The van der Waals surface area contributed by atoms with Crippen molar-refractivity contribution in [1.29, 1.82) is 0 Å². The minimum Gasteiger partial charge on any atom is -0.496 e. The van der Waals surface area contributed by atoms with Gasteiger partial charge in [0.1, 0.15) is 17.1 Å². The number of benzene rings is 1. The molecule has 1 N–H and O–H groups in total. The van der Waals surface area contributed by atoms with Gasteiger partial charge >= 0.3 is 0 Å². The van der Waals surface area contributed by atoms with Gasteiger partial charge < -0.3 is 14.6 Å². The van der Waals surface area contributed by atoms with Crippen LogP contribution in [0, 0.1) is 0 Å². The first-order chi connectivity index (χ1) is 7.70. The number of hydrogen-bond acceptors (Lipinski definition) is 4. The summed E-state index contributed by atoms with van der Waals surface area (Å²) in [6.45, 7) is 1.92. The molecule has 0 amide bonds. The number of Topliss-reactive ketones (excluding diaryl/α,β-unsaturated/α-hetero) is 1. The van der Waals surface area contributed by atoms with Gasteiger partial charge in [0, 0.05) is 13.0 Å². The van der Waals surface area contributed by atoms with Crippen molar-refractivity contribution in [2.24, 2.45) is 0 Å². The zero-order chi connectivity index (χ0) is 12.0. The van der Waals surface area contributed by atoms with E-state index in [9.17, 15) is 4.79 Å². The third-order valence-electron chi connectivity index (χ3n) is 2.12. The van der Waals surface area contributed by atoms with E-state index in [2.05, 4.69) is 0 Å². The molecule has 0 radical (unpaired) electrons. The van der Waals surface area contributed by atoms with Crippen LogP contribution in [0.3, 0.4) is 0 Å². The van der Waals surface area contributed by atoms with Gasteiger partial charge in [-0.3, -0.25) is 4.79 Å². The Morgan fingerprint density at radius 3 is 2.62 bits per heavy atom. The van der Waals surface area contributed by atoms with Crippen molar-refractivity contribution in [3.63, 3.8) is 0 Å². The Labute approximate surface area is 94.8 Å². The van der Waals surface area contributed by atoms with Gasteiger partial charge in [-0.15, -0.1) is 0 Å². The second-order valence-electron chi connectivity index (χ2n) is 3.32. The van der Waals surface area contributed by atoms with Gasteiger partial charge in [-0.25, -0.2) is 0 Å². The molecule has 4 nitrogen and oxygen atoms in total. The number of rotatable bonds is 6. The summed E-state index contributed by atoms with van der Waals surface area (Å²) in [6.07, 6.45) is 0.536. The lowest BCUT2D eigenvalue weighted by Crippen LogP contribution is -2.05. The monoisotopic (exact) mass is 224 g/mol. The Balaban J connectivity index is 2.93. The first-order valence-corrected chi connectivity index (χ1v) is 5.12. The summed E-state index contributed by atoms with van der Waals surface area (Å²) in [5.41, 5.74) is 0.447. The average Bonchev–Trinajstić information content (AvgIpc) is 2.28. The smallest absolute Gasteiger partial charge is 0.167 e. The van der Waals surface area contributed by atoms with Gasteiger partial charge in [0.2, 0.25) is 0 Å². The molecule has 0 atom stereocenters. The fourth-order valence-electron chi connectivity index (χ4n) is 1.40. The summed E-state index contributed by atoms with van der Waals surface area (Å²) in [5, 5.41) is 8.65. The Morgan fingerprint density at radius 2 is 2.06 bits per heavy atom. The molecule has 0 saturated heterocycles. The van der Waals surface area contributed by atoms with Crippen LogP contribution in [0.1, 0.15) is 23.7 Å². The molecule has 88 valence electrons. The standard InChI is InChI=1S/C12H16O4/c1-9(14)12-10(15-2)5-3-6-11(12)16-8-4-7-13/h3,5-6,13H,4,7-8H2,1-2H3. The Morgan fingerprint density at radius 1 is 1.38 bits per heavy atom. The highest BCUT2D eigenvalue weighted by Crippen LogP contribution is 2.28. The van der Waals surface area contributed by atoms with E-state index in [1.54, 1.807) is 18.2 Å². The molecule has 0 saturated carbocycles. The fourth-order valence-corrected chi connectivity index (χ4v) is 1.40. The maximum absolute atomic E-state index is 11.5. The van der Waals surface area contributed by atoms with E-state index in [1.807, 2.05) is 0 Å². The summed E-state index contributed by atoms with van der Waals surface area (Å²) in [4.78, 5) is 11.5. The molecule has 0 aliphatic carbocycles. The first kappa shape index (κ1) is 12.5. The summed E-state index contributed by atoms with van der Waals surface area (Å²) in [7, 11) is 1.51. The minimum atomic E-state index is -0.101. The SMILES string of the molecule is COc1cccc(OCCCO)c1C(C)=O. The zero-order valence-corrected chi connectivity index (χ0v) is 9.53. The molecule has 1 aromatic rings. The Kier molecular flexibility index (Phi) is 4.79. The molecule has 0 heterocycles. The molecule has 1 aromatic carbocycles. The van der Waals surface area contributed by atoms with Crippen molar-refractivity contribution >= 4 is 5.78 Å². The highest BCUT2D eigenvalue weighted by molar-refractivity contribution is 5.99. The van der Waals surface area contributed by atoms with Crippen LogP contribution >= 0.6 is 0 Å². The topological polar surface area (TPSA) is 55.8 Å². The zero-order valence-electron chi connectivity index (χ0n) is 9.53. The van der Waals surface area contributed by atoms with Crippen LogP contribution in [0.15, 0.2) is 18.2 Å². The predicted molar refractivity (Wildman–Crippen MR) is 60.2 cm³/mol. The van der Waals surface area contributed by atoms with Crippen molar-refractivity contribution in [2.45, 2.75) is 13.3 Å². The molecule has 0 unspecified atom stereocenters. The van der Waals surface area contributed by atoms with Gasteiger partial charge in [0.15, 0.2) is 5.78 Å². The lowest BCUT2D eigenvalue weighted by Gasteiger charge is -2.12. The number of ether oxygens (including phenoxy) is 2. The van der Waals surface area contributed by atoms with Crippen LogP contribution in [-0.4, -0.2) is 31.2 Å². The van der Waals surface area contributed by atoms with E-state index in [4.69, 9.17) is 14.6 Å². The number of ketones is 1. The molecule has 16 heavy (non-hydrogen) atoms. The third kappa shape index (κ3) is 2.97. The van der Waals surface area contributed by atoms with Crippen molar-refractivity contribution in [2.75, 3.05) is 20.3 Å². The van der Waals surface area contributed by atoms with Crippen LogP contribution in [0.4, 0.5) is 0 Å². The molecular formula is C12H16O4. The Bertz CT molecular complexity index is 360. The van der Waals surface area contributed by atoms with Gasteiger partial charge in [-0.1, -0.05) is 6.07 Å². The van der Waals surface area contributed by atoms with E-state index in [0.29, 0.717) is 30.1 Å². The normalized spacial score (nSPS) is 9.94. The van der Waals surface area contributed by atoms with E-state index < -0.39 is 0 Å². The van der Waals surface area contributed by atoms with Gasteiger partial charge in [-0.2, -0.15) is 0 Å². The summed E-state index contributed by atoms with van der Waals surface area (Å²) >= 11 is 0. The maximum atomic E-state index is 11.5. The molecule has 0 aliphatic heterocycles. The number of aliphatic hydroxyl groups is 1. The molecule has 4 heteroatoms. The number of carbonyl (C=O) groups excluding carboxylic acids is 1. The molecular weight excluding hydrogens is 208 g/mol. The largest absolute Gasteiger partial charge is 0.496 e. The first-order valence-electron chi connectivity index (χ1n) is 5.12. The average molecular weight is 224 g/mol. The highest BCUT2D eigenvalue weighted by Gasteiger charge is 2.14. The molecule has 0 aromatic heterocycles. The van der Waals surface area contributed by atoms with Crippen LogP contribution in [0.5, 0.6) is 11.5 Å². The lowest BCUT2D eigenvalue weighted by atomic mass is 10.1. The number of methoxy groups -OCH3 is 1. The predicted octanol–water partition coefficient (Wildman–Crippen LogP) is 1.66. The maximum Gasteiger partial charge on any atom is 0.167 e. The van der Waals surface area contributed by atoms with Crippen molar-refractivity contribution in [3.05, 3.63) is 23.8 Å². The quantitative estimate of drug-likeness (QED) is 0.589. The number of aliphatic hydroxyl groups excluding tert-OH is 1. The van der Waals surface area contributed by atoms with E-state index in [-0.39, 0.29) is 12.4 Å². The van der Waals surface area contributed by atoms with Crippen LogP contribution in [-0.2, 0) is 0 Å². The van der Waals surface area contributed by atoms with Crippen LogP contribution in [0.2, 0.25) is 0 Å². The van der Waals surface area contributed by atoms with E-state index >= 15 is 0 Å². The van der Waals surface area contributed by atoms with Crippen LogP contribution < -0.4 is 9.47 Å². The number of hydrogen-bond donors (Lipinski definition) is 1. The summed E-state index contributed by atoms with van der Waals surface area (Å²) in [5.74, 6) is 0.908. The lowest BCUT2D eigenvalue weighted by molar-refractivity contribution is 0.101. The summed E-state index contributed by atoms with van der Waals surface area (Å²) < 4.78 is 10.5. The van der Waals surface area contributed by atoms with Crippen molar-refractivity contribution in [1.82, 2.24) is 0 Å². The molecule has 0 fully saturated rings. The molecule has 0 spiro atoms. The van der Waals surface area contributed by atoms with Crippen molar-refractivity contribution < 1.29 is 19.4 Å². The minimum absolute atomic E-state index is 0.0688. The Hall–Kier alpha value is -1.55. The molecule has 0 bridgehead atoms. The van der Waals surface area contributed by atoms with Crippen molar-refractivity contribution in [3.8, 4) is 11.5 Å².